The third kappa shape index (κ3) is 6.78. The van der Waals surface area contributed by atoms with Crippen molar-refractivity contribution in [1.29, 1.82) is 0 Å². The van der Waals surface area contributed by atoms with E-state index in [-0.39, 0.29) is 11.4 Å². The van der Waals surface area contributed by atoms with Crippen LogP contribution in [0.5, 0.6) is 5.75 Å². The summed E-state index contributed by atoms with van der Waals surface area (Å²) < 4.78 is 117. The zero-order valence-electron chi connectivity index (χ0n) is 23.9. The van der Waals surface area contributed by atoms with Crippen molar-refractivity contribution in [3.05, 3.63) is 104 Å². The van der Waals surface area contributed by atoms with Gasteiger partial charge < -0.3 is 4.74 Å². The first-order valence-electron chi connectivity index (χ1n) is 13.1. The first kappa shape index (κ1) is 33.4. The molecule has 0 aliphatic heterocycles. The second-order valence-electron chi connectivity index (χ2n) is 10.1. The quantitative estimate of drug-likeness (QED) is 0.236. The SMILES string of the molecule is Cc1ccc(OCC(=O)NS(=O)(=O)c2cccc(C(F)(F)F)c2)cc1-c1nsc2ccc(-n3c(=O)cc(C(F)(F)F)n(C)c3=O)cc12. The van der Waals surface area contributed by atoms with Crippen molar-refractivity contribution in [3.63, 3.8) is 0 Å². The monoisotopic (exact) mass is 698 g/mol. The summed E-state index contributed by atoms with van der Waals surface area (Å²) in [6.07, 6.45) is -9.73. The van der Waals surface area contributed by atoms with E-state index in [1.807, 2.05) is 0 Å². The number of aryl methyl sites for hydroxylation is 1. The number of carbonyl (C=O) groups excluding carboxylic acids is 1. The first-order valence-corrected chi connectivity index (χ1v) is 15.4. The second kappa shape index (κ2) is 12.0. The number of carbonyl (C=O) groups is 1. The van der Waals surface area contributed by atoms with Crippen molar-refractivity contribution >= 4 is 37.5 Å². The molecule has 3 aromatic carbocycles. The minimum absolute atomic E-state index is 0.0121. The smallest absolute Gasteiger partial charge is 0.431 e. The predicted octanol–water partition coefficient (Wildman–Crippen LogP) is 5.04. The van der Waals surface area contributed by atoms with Gasteiger partial charge in [0.15, 0.2) is 6.61 Å². The van der Waals surface area contributed by atoms with Gasteiger partial charge in [0.1, 0.15) is 11.4 Å². The molecule has 0 radical (unpaired) electrons. The van der Waals surface area contributed by atoms with Crippen LogP contribution in [0.4, 0.5) is 26.3 Å². The molecular weight excluding hydrogens is 678 g/mol. The largest absolute Gasteiger partial charge is 0.484 e. The van der Waals surface area contributed by atoms with Crippen LogP contribution in [0, 0.1) is 6.92 Å². The van der Waals surface area contributed by atoms with Gasteiger partial charge in [-0.05, 0) is 72.6 Å². The highest BCUT2D eigenvalue weighted by atomic mass is 32.2. The van der Waals surface area contributed by atoms with Gasteiger partial charge in [0, 0.05) is 24.1 Å². The van der Waals surface area contributed by atoms with Crippen LogP contribution in [0.25, 0.3) is 27.0 Å². The van der Waals surface area contributed by atoms with Crippen LogP contribution < -0.4 is 20.7 Å². The summed E-state index contributed by atoms with van der Waals surface area (Å²) in [5, 5.41) is 0.437. The van der Waals surface area contributed by atoms with Gasteiger partial charge in [0.25, 0.3) is 21.5 Å². The van der Waals surface area contributed by atoms with Gasteiger partial charge in [-0.25, -0.2) is 22.5 Å². The van der Waals surface area contributed by atoms with Crippen LogP contribution in [0.3, 0.4) is 0 Å². The van der Waals surface area contributed by atoms with E-state index < -0.39 is 62.3 Å². The Morgan fingerprint density at radius 3 is 2.36 bits per heavy atom. The minimum atomic E-state index is -4.93. The summed E-state index contributed by atoms with van der Waals surface area (Å²) in [5.74, 6) is -1.08. The van der Waals surface area contributed by atoms with E-state index in [2.05, 4.69) is 4.37 Å². The number of hydrogen-bond acceptors (Lipinski definition) is 8. The Kier molecular flexibility index (Phi) is 8.52. The van der Waals surface area contributed by atoms with Crippen molar-refractivity contribution in [2.24, 2.45) is 7.05 Å². The highest BCUT2D eigenvalue weighted by molar-refractivity contribution is 7.90. The average molecular weight is 699 g/mol. The molecule has 246 valence electrons. The molecule has 2 aromatic heterocycles. The van der Waals surface area contributed by atoms with Crippen molar-refractivity contribution in [2.45, 2.75) is 24.2 Å². The van der Waals surface area contributed by atoms with Gasteiger partial charge in [0.2, 0.25) is 0 Å². The molecule has 0 aliphatic rings. The lowest BCUT2D eigenvalue weighted by molar-refractivity contribution is -0.144. The Hall–Kier alpha value is -4.97. The number of ether oxygens (including phenoxy) is 1. The summed E-state index contributed by atoms with van der Waals surface area (Å²) in [5.41, 5.74) is -3.56. The molecule has 5 rings (SSSR count). The molecule has 5 aromatic rings. The fourth-order valence-electron chi connectivity index (χ4n) is 4.57. The first-order chi connectivity index (χ1) is 21.9. The maximum absolute atomic E-state index is 13.3. The number of aromatic nitrogens is 3. The van der Waals surface area contributed by atoms with Crippen LogP contribution >= 0.6 is 11.5 Å². The third-order valence-corrected chi connectivity index (χ3v) is 9.07. The van der Waals surface area contributed by atoms with Crippen molar-refractivity contribution in [1.82, 2.24) is 18.2 Å². The van der Waals surface area contributed by atoms with E-state index >= 15 is 0 Å². The summed E-state index contributed by atoms with van der Waals surface area (Å²) in [6.45, 7) is 0.890. The number of amides is 1. The van der Waals surface area contributed by atoms with Crippen molar-refractivity contribution in [2.75, 3.05) is 6.61 Å². The number of nitrogens with one attached hydrogen (secondary N) is 1. The molecule has 0 saturated carbocycles. The number of nitrogens with zero attached hydrogens (tertiary/aromatic N) is 3. The van der Waals surface area contributed by atoms with Gasteiger partial charge in [-0.1, -0.05) is 12.1 Å². The maximum atomic E-state index is 13.3. The molecule has 0 atom stereocenters. The lowest BCUT2D eigenvalue weighted by Gasteiger charge is -2.14. The van der Waals surface area contributed by atoms with E-state index in [0.717, 1.165) is 30.7 Å². The van der Waals surface area contributed by atoms with Crippen LogP contribution in [-0.4, -0.2) is 34.4 Å². The lowest BCUT2D eigenvalue weighted by Crippen LogP contribution is -2.40. The summed E-state index contributed by atoms with van der Waals surface area (Å²) >= 11 is 1.06. The molecule has 1 N–H and O–H groups in total. The standard InChI is InChI=1S/C29H20F6N4O6S2/c1-15-6-8-18(45-14-24(40)37-47(43,44)19-5-3-4-16(10-19)28(30,31)32)12-20(15)26-21-11-17(7-9-22(21)46-36-26)39-25(41)13-23(29(33,34)35)38(2)27(39)42/h3-13H,14H2,1-2H3,(H,37,40). The molecule has 0 fully saturated rings. The van der Waals surface area contributed by atoms with Gasteiger partial charge in [0.05, 0.1) is 26.5 Å². The van der Waals surface area contributed by atoms with E-state index in [4.69, 9.17) is 4.74 Å². The molecule has 1 amide bonds. The Balaban J connectivity index is 1.41. The van der Waals surface area contributed by atoms with Crippen LogP contribution in [0.15, 0.2) is 81.2 Å². The molecule has 0 saturated heterocycles. The van der Waals surface area contributed by atoms with Gasteiger partial charge in [-0.2, -0.15) is 30.7 Å². The second-order valence-corrected chi connectivity index (χ2v) is 12.6. The Morgan fingerprint density at radius 1 is 0.957 bits per heavy atom. The van der Waals surface area contributed by atoms with Crippen LogP contribution in [0.1, 0.15) is 16.8 Å². The molecular formula is C29H20F6N4O6S2. The fourth-order valence-corrected chi connectivity index (χ4v) is 6.35. The molecule has 0 aliphatic carbocycles. The average Bonchev–Trinajstić information content (AvgIpc) is 3.40. The van der Waals surface area contributed by atoms with Gasteiger partial charge in [-0.15, -0.1) is 0 Å². The van der Waals surface area contributed by atoms with E-state index in [1.165, 1.54) is 24.3 Å². The Morgan fingerprint density at radius 2 is 1.68 bits per heavy atom. The maximum Gasteiger partial charge on any atom is 0.431 e. The Labute approximate surface area is 264 Å². The number of hydrogen-bond donors (Lipinski definition) is 1. The number of sulfonamides is 1. The summed E-state index contributed by atoms with van der Waals surface area (Å²) in [6, 6.07) is 12.1. The zero-order valence-corrected chi connectivity index (χ0v) is 25.6. The lowest BCUT2D eigenvalue weighted by atomic mass is 10.0. The molecule has 0 spiro atoms. The topological polar surface area (TPSA) is 129 Å². The highest BCUT2D eigenvalue weighted by Crippen LogP contribution is 2.36. The molecule has 18 heteroatoms. The molecule has 0 bridgehead atoms. The normalized spacial score (nSPS) is 12.3. The highest BCUT2D eigenvalue weighted by Gasteiger charge is 2.35. The zero-order chi connectivity index (χ0) is 34.5. The Bertz CT molecular complexity index is 2270. The van der Waals surface area contributed by atoms with Gasteiger partial charge in [-0.3, -0.25) is 14.2 Å². The van der Waals surface area contributed by atoms with Crippen molar-refractivity contribution < 1.29 is 44.3 Å². The molecule has 0 unspecified atom stereocenters. The minimum Gasteiger partial charge on any atom is -0.484 e. The van der Waals surface area contributed by atoms with E-state index in [9.17, 15) is 49.1 Å². The molecule has 47 heavy (non-hydrogen) atoms. The third-order valence-electron chi connectivity index (χ3n) is 6.88. The number of benzene rings is 3. The number of fused-ring (bicyclic) bond motifs is 1. The van der Waals surface area contributed by atoms with Crippen molar-refractivity contribution in [3.8, 4) is 22.7 Å². The summed E-state index contributed by atoms with van der Waals surface area (Å²) in [4.78, 5) is 37.1. The molecule has 2 heterocycles. The van der Waals surface area contributed by atoms with E-state index in [0.29, 0.717) is 54.2 Å². The fraction of sp³-hybridized carbons (Fsp3) is 0.172. The predicted molar refractivity (Wildman–Crippen MR) is 158 cm³/mol. The summed E-state index contributed by atoms with van der Waals surface area (Å²) in [7, 11) is -3.76. The van der Waals surface area contributed by atoms with Crippen LogP contribution in [0.2, 0.25) is 0 Å². The number of alkyl halides is 6. The number of rotatable bonds is 7. The number of halogens is 6. The van der Waals surface area contributed by atoms with Gasteiger partial charge >= 0.3 is 18.0 Å². The molecule has 10 nitrogen and oxygen atoms in total. The van der Waals surface area contributed by atoms with Crippen LogP contribution in [-0.2, 0) is 34.2 Å². The van der Waals surface area contributed by atoms with E-state index in [1.54, 1.807) is 23.8 Å².